The third-order valence-corrected chi connectivity index (χ3v) is 3.84. The van der Waals surface area contributed by atoms with E-state index in [9.17, 15) is 4.79 Å². The van der Waals surface area contributed by atoms with Crippen LogP contribution in [0.1, 0.15) is 5.56 Å². The van der Waals surface area contributed by atoms with Crippen LogP contribution in [0.4, 0.5) is 11.5 Å². The molecule has 2 aromatic rings. The van der Waals surface area contributed by atoms with Crippen LogP contribution < -0.4 is 10.9 Å². The van der Waals surface area contributed by atoms with Gasteiger partial charge in [0.25, 0.3) is 5.56 Å². The summed E-state index contributed by atoms with van der Waals surface area (Å²) in [5, 5.41) is 3.08. The molecule has 2 rings (SSSR count). The molecule has 0 unspecified atom stereocenters. The summed E-state index contributed by atoms with van der Waals surface area (Å²) >= 11 is 6.63. The van der Waals surface area contributed by atoms with Gasteiger partial charge >= 0.3 is 0 Å². The lowest BCUT2D eigenvalue weighted by atomic mass is 10.2. The number of aromatic nitrogens is 2. The first-order valence-electron chi connectivity index (χ1n) is 4.84. The van der Waals surface area contributed by atoms with Crippen molar-refractivity contribution in [2.24, 2.45) is 0 Å². The molecule has 6 heteroatoms. The van der Waals surface area contributed by atoms with Crippen molar-refractivity contribution in [3.63, 3.8) is 0 Å². The molecular formula is C11H9Br2N3O. The Morgan fingerprint density at radius 2 is 2.12 bits per heavy atom. The van der Waals surface area contributed by atoms with E-state index in [0.717, 1.165) is 15.7 Å². The molecule has 0 amide bonds. The highest BCUT2D eigenvalue weighted by Gasteiger charge is 2.05. The lowest BCUT2D eigenvalue weighted by Gasteiger charge is -2.08. The lowest BCUT2D eigenvalue weighted by Crippen LogP contribution is -2.10. The average Bonchev–Trinajstić information content (AvgIpc) is 2.30. The molecule has 0 aliphatic heterocycles. The number of hydrogen-bond donors (Lipinski definition) is 2. The normalized spacial score (nSPS) is 10.3. The molecule has 0 fully saturated rings. The molecule has 1 heterocycles. The fourth-order valence-corrected chi connectivity index (χ4v) is 1.89. The van der Waals surface area contributed by atoms with Crippen LogP contribution in [0.2, 0.25) is 0 Å². The zero-order valence-corrected chi connectivity index (χ0v) is 12.1. The van der Waals surface area contributed by atoms with Gasteiger partial charge in [0.15, 0.2) is 5.82 Å². The predicted octanol–water partition coefficient (Wildman–Crippen LogP) is 3.35. The summed E-state index contributed by atoms with van der Waals surface area (Å²) in [4.78, 5) is 17.9. The number of nitrogens with zero attached hydrogens (tertiary/aromatic N) is 1. The summed E-state index contributed by atoms with van der Waals surface area (Å²) in [7, 11) is 0. The van der Waals surface area contributed by atoms with Crippen LogP contribution in [0.25, 0.3) is 0 Å². The summed E-state index contributed by atoms with van der Waals surface area (Å²) in [6.45, 7) is 2.00. The van der Waals surface area contributed by atoms with E-state index < -0.39 is 0 Å². The van der Waals surface area contributed by atoms with E-state index in [0.29, 0.717) is 10.3 Å². The van der Waals surface area contributed by atoms with Gasteiger partial charge in [0, 0.05) is 10.2 Å². The van der Waals surface area contributed by atoms with Crippen LogP contribution in [0.15, 0.2) is 38.3 Å². The van der Waals surface area contributed by atoms with Crippen molar-refractivity contribution in [2.75, 3.05) is 5.32 Å². The van der Waals surface area contributed by atoms with Gasteiger partial charge in [0.2, 0.25) is 0 Å². The number of halogens is 2. The summed E-state index contributed by atoms with van der Waals surface area (Å²) in [6, 6.07) is 5.82. The molecule has 0 radical (unpaired) electrons. The number of H-pyrrole nitrogens is 1. The highest BCUT2D eigenvalue weighted by atomic mass is 79.9. The van der Waals surface area contributed by atoms with Gasteiger partial charge in [-0.05, 0) is 46.6 Å². The molecule has 1 aromatic carbocycles. The Bertz CT molecular complexity index is 610. The monoisotopic (exact) mass is 357 g/mol. The first-order valence-corrected chi connectivity index (χ1v) is 6.43. The van der Waals surface area contributed by atoms with Crippen LogP contribution >= 0.6 is 31.9 Å². The van der Waals surface area contributed by atoms with E-state index in [1.54, 1.807) is 0 Å². The molecule has 0 aliphatic carbocycles. The maximum Gasteiger partial charge on any atom is 0.267 e. The molecule has 0 spiro atoms. The van der Waals surface area contributed by atoms with Crippen LogP contribution in [-0.2, 0) is 0 Å². The minimum atomic E-state index is -0.212. The van der Waals surface area contributed by atoms with Gasteiger partial charge in [-0.15, -0.1) is 0 Å². The van der Waals surface area contributed by atoms with Crippen LogP contribution in [0, 0.1) is 6.92 Å². The minimum Gasteiger partial charge on any atom is -0.339 e. The van der Waals surface area contributed by atoms with E-state index in [4.69, 9.17) is 0 Å². The van der Waals surface area contributed by atoms with Crippen molar-refractivity contribution >= 4 is 43.4 Å². The third kappa shape index (κ3) is 2.76. The maximum atomic E-state index is 11.4. The minimum absolute atomic E-state index is 0.212. The number of anilines is 2. The van der Waals surface area contributed by atoms with Crippen LogP contribution in [0.3, 0.4) is 0 Å². The smallest absolute Gasteiger partial charge is 0.267 e. The van der Waals surface area contributed by atoms with E-state index in [2.05, 4.69) is 47.1 Å². The van der Waals surface area contributed by atoms with Crippen molar-refractivity contribution in [1.29, 1.82) is 0 Å². The zero-order chi connectivity index (χ0) is 12.4. The molecule has 88 valence electrons. The molecule has 0 aliphatic rings. The van der Waals surface area contributed by atoms with Gasteiger partial charge in [0.05, 0.1) is 6.33 Å². The molecule has 17 heavy (non-hydrogen) atoms. The Kier molecular flexibility index (Phi) is 3.63. The highest BCUT2D eigenvalue weighted by molar-refractivity contribution is 9.10. The summed E-state index contributed by atoms with van der Waals surface area (Å²) in [5.41, 5.74) is 1.77. The number of aryl methyl sites for hydroxylation is 1. The largest absolute Gasteiger partial charge is 0.339 e. The first kappa shape index (κ1) is 12.3. The first-order chi connectivity index (χ1) is 8.08. The van der Waals surface area contributed by atoms with Gasteiger partial charge in [0.1, 0.15) is 4.47 Å². The second kappa shape index (κ2) is 5.01. The zero-order valence-electron chi connectivity index (χ0n) is 8.92. The Hall–Kier alpha value is -1.14. The third-order valence-electron chi connectivity index (χ3n) is 2.22. The van der Waals surface area contributed by atoms with Crippen molar-refractivity contribution in [2.45, 2.75) is 6.92 Å². The van der Waals surface area contributed by atoms with Crippen molar-refractivity contribution in [3.8, 4) is 0 Å². The number of nitrogens with one attached hydrogen (secondary N) is 2. The molecule has 0 saturated heterocycles. The predicted molar refractivity (Wildman–Crippen MR) is 74.7 cm³/mol. The van der Waals surface area contributed by atoms with Crippen LogP contribution in [-0.4, -0.2) is 9.97 Å². The van der Waals surface area contributed by atoms with Crippen molar-refractivity contribution in [1.82, 2.24) is 9.97 Å². The number of hydrogen-bond acceptors (Lipinski definition) is 3. The van der Waals surface area contributed by atoms with E-state index in [-0.39, 0.29) is 5.56 Å². The van der Waals surface area contributed by atoms with E-state index in [1.165, 1.54) is 6.33 Å². The Morgan fingerprint density at radius 3 is 2.82 bits per heavy atom. The fraction of sp³-hybridized carbons (Fsp3) is 0.0909. The molecule has 0 atom stereocenters. The second-order valence-corrected chi connectivity index (χ2v) is 5.13. The fourth-order valence-electron chi connectivity index (χ4n) is 1.33. The molecule has 2 N–H and O–H groups in total. The SMILES string of the molecule is Cc1cc(Nc2nc[nH]c(=O)c2Br)ccc1Br. The number of benzene rings is 1. The maximum absolute atomic E-state index is 11.4. The molecule has 0 saturated carbocycles. The van der Waals surface area contributed by atoms with Gasteiger partial charge in [-0.2, -0.15) is 0 Å². The van der Waals surface area contributed by atoms with Gasteiger partial charge < -0.3 is 10.3 Å². The van der Waals surface area contributed by atoms with Crippen molar-refractivity contribution in [3.05, 3.63) is 49.4 Å². The van der Waals surface area contributed by atoms with E-state index in [1.807, 2.05) is 25.1 Å². The summed E-state index contributed by atoms with van der Waals surface area (Å²) in [5.74, 6) is 0.496. The number of aromatic amines is 1. The van der Waals surface area contributed by atoms with Gasteiger partial charge in [-0.3, -0.25) is 4.79 Å². The van der Waals surface area contributed by atoms with Crippen LogP contribution in [0.5, 0.6) is 0 Å². The van der Waals surface area contributed by atoms with Crippen molar-refractivity contribution < 1.29 is 0 Å². The summed E-state index contributed by atoms with van der Waals surface area (Å²) in [6.07, 6.45) is 1.36. The molecule has 1 aromatic heterocycles. The molecule has 0 bridgehead atoms. The second-order valence-electron chi connectivity index (χ2n) is 3.48. The molecular weight excluding hydrogens is 350 g/mol. The van der Waals surface area contributed by atoms with Gasteiger partial charge in [-0.1, -0.05) is 15.9 Å². The van der Waals surface area contributed by atoms with E-state index >= 15 is 0 Å². The molecule has 4 nitrogen and oxygen atoms in total. The highest BCUT2D eigenvalue weighted by Crippen LogP contribution is 2.24. The Balaban J connectivity index is 2.35. The lowest BCUT2D eigenvalue weighted by molar-refractivity contribution is 1.10. The Labute approximate surface area is 115 Å². The quantitative estimate of drug-likeness (QED) is 0.865. The summed E-state index contributed by atoms with van der Waals surface area (Å²) < 4.78 is 1.43. The average molecular weight is 359 g/mol. The number of rotatable bonds is 2. The Morgan fingerprint density at radius 1 is 1.35 bits per heavy atom. The van der Waals surface area contributed by atoms with Gasteiger partial charge in [-0.25, -0.2) is 4.98 Å². The standard InChI is InChI=1S/C11H9Br2N3O/c1-6-4-7(2-3-8(6)12)16-10-9(13)11(17)15-5-14-10/h2-5H,1H3,(H2,14,15,16,17). The topological polar surface area (TPSA) is 57.8 Å².